The molecule has 0 spiro atoms. The number of amides is 1. The molecule has 120 valence electrons. The number of halogens is 3. The Morgan fingerprint density at radius 3 is 2.41 bits per heavy atom. The highest BCUT2D eigenvalue weighted by molar-refractivity contribution is 6.53. The van der Waals surface area contributed by atoms with Gasteiger partial charge in [0.05, 0.1) is 11.1 Å². The Balaban J connectivity index is 2.12. The normalized spacial score (nSPS) is 23.2. The number of rotatable bonds is 6. The summed E-state index contributed by atoms with van der Waals surface area (Å²) in [5.41, 5.74) is 3.61. The topological polar surface area (TPSA) is 41.5 Å². The summed E-state index contributed by atoms with van der Waals surface area (Å²) in [6.45, 7) is 3.85. The highest BCUT2D eigenvalue weighted by Crippen LogP contribution is 2.63. The van der Waals surface area contributed by atoms with Crippen molar-refractivity contribution < 1.29 is 4.79 Å². The van der Waals surface area contributed by atoms with Gasteiger partial charge in [0.1, 0.15) is 4.33 Å². The average molecular weight is 362 g/mol. The largest absolute Gasteiger partial charge is 0.272 e. The van der Waals surface area contributed by atoms with Crippen LogP contribution in [0.15, 0.2) is 29.4 Å². The first-order valence-electron chi connectivity index (χ1n) is 7.31. The minimum Gasteiger partial charge on any atom is -0.272 e. The highest BCUT2D eigenvalue weighted by Gasteiger charge is 2.68. The lowest BCUT2D eigenvalue weighted by molar-refractivity contribution is -0.125. The zero-order chi connectivity index (χ0) is 16.4. The first-order valence-corrected chi connectivity index (χ1v) is 8.44. The molecule has 6 heteroatoms. The van der Waals surface area contributed by atoms with Gasteiger partial charge in [-0.05, 0) is 43.9 Å². The van der Waals surface area contributed by atoms with E-state index in [0.717, 1.165) is 30.5 Å². The van der Waals surface area contributed by atoms with Gasteiger partial charge in [-0.25, -0.2) is 5.43 Å². The van der Waals surface area contributed by atoms with Crippen LogP contribution in [0.3, 0.4) is 0 Å². The fourth-order valence-electron chi connectivity index (χ4n) is 2.14. The molecule has 1 amide bonds. The predicted molar refractivity (Wildman–Crippen MR) is 92.8 cm³/mol. The molecule has 0 aromatic heterocycles. The lowest BCUT2D eigenvalue weighted by atomic mass is 10.1. The van der Waals surface area contributed by atoms with Crippen molar-refractivity contribution in [3.63, 3.8) is 0 Å². The standard InChI is InChI=1S/C16H19Cl3N2O/c1-3-4-5-13(11-6-8-12(17)9-7-11)20-21-14(22)15(2)10-16(15,18)19/h6-9H,3-5,10H2,1-2H3,(H,21,22)/b20-13-/t15-/m0/s1. The number of unbranched alkanes of at least 4 members (excludes halogenated alkanes) is 1. The van der Waals surface area contributed by atoms with Crippen molar-refractivity contribution in [3.8, 4) is 0 Å². The van der Waals surface area contributed by atoms with Crippen LogP contribution >= 0.6 is 34.8 Å². The minimum atomic E-state index is -0.990. The summed E-state index contributed by atoms with van der Waals surface area (Å²) < 4.78 is -0.990. The molecule has 0 bridgehead atoms. The van der Waals surface area contributed by atoms with Gasteiger partial charge in [0.25, 0.3) is 0 Å². The third kappa shape index (κ3) is 3.76. The van der Waals surface area contributed by atoms with Crippen LogP contribution < -0.4 is 5.43 Å². The van der Waals surface area contributed by atoms with E-state index in [4.69, 9.17) is 34.8 Å². The highest BCUT2D eigenvalue weighted by atomic mass is 35.5. The molecule has 0 saturated heterocycles. The van der Waals surface area contributed by atoms with Gasteiger partial charge in [-0.1, -0.05) is 37.1 Å². The molecule has 0 unspecified atom stereocenters. The van der Waals surface area contributed by atoms with E-state index in [1.807, 2.05) is 24.3 Å². The van der Waals surface area contributed by atoms with Gasteiger partial charge in [0, 0.05) is 5.02 Å². The third-order valence-electron chi connectivity index (χ3n) is 4.00. The Bertz CT molecular complexity index is 584. The molecule has 3 nitrogen and oxygen atoms in total. The zero-order valence-corrected chi connectivity index (χ0v) is 14.9. The number of nitrogens with one attached hydrogen (secondary N) is 1. The van der Waals surface area contributed by atoms with Gasteiger partial charge < -0.3 is 0 Å². The molecular formula is C16H19Cl3N2O. The molecule has 0 aliphatic heterocycles. The van der Waals surface area contributed by atoms with E-state index in [0.29, 0.717) is 11.4 Å². The van der Waals surface area contributed by atoms with E-state index in [1.54, 1.807) is 6.92 Å². The summed E-state index contributed by atoms with van der Waals surface area (Å²) in [5.74, 6) is -0.250. The van der Waals surface area contributed by atoms with Crippen LogP contribution in [0.25, 0.3) is 0 Å². The summed E-state index contributed by atoms with van der Waals surface area (Å²) in [6, 6.07) is 7.42. The zero-order valence-electron chi connectivity index (χ0n) is 12.6. The Hall–Kier alpha value is -0.770. The number of carbonyl (C=O) groups is 1. The Morgan fingerprint density at radius 1 is 1.32 bits per heavy atom. The van der Waals surface area contributed by atoms with Crippen molar-refractivity contribution in [1.29, 1.82) is 0 Å². The fraction of sp³-hybridized carbons (Fsp3) is 0.500. The summed E-state index contributed by atoms with van der Waals surface area (Å²) in [6.07, 6.45) is 3.26. The number of nitrogens with zero attached hydrogens (tertiary/aromatic N) is 1. The monoisotopic (exact) mass is 360 g/mol. The molecule has 22 heavy (non-hydrogen) atoms. The molecule has 1 aliphatic carbocycles. The van der Waals surface area contributed by atoms with Gasteiger partial charge >= 0.3 is 0 Å². The molecule has 1 N–H and O–H groups in total. The Kier molecular flexibility index (Phi) is 5.41. The number of hydrogen-bond donors (Lipinski definition) is 1. The molecule has 1 aromatic carbocycles. The number of hydrogen-bond acceptors (Lipinski definition) is 2. The SMILES string of the molecule is CCCC/C(=N/NC(=O)[C@]1(C)CC1(Cl)Cl)c1ccc(Cl)cc1. The molecule has 1 fully saturated rings. The van der Waals surface area contributed by atoms with Gasteiger partial charge in [-0.15, -0.1) is 23.2 Å². The minimum absolute atomic E-state index is 0.250. The smallest absolute Gasteiger partial charge is 0.249 e. The van der Waals surface area contributed by atoms with Crippen molar-refractivity contribution in [2.45, 2.75) is 43.9 Å². The number of hydrazone groups is 1. The van der Waals surface area contributed by atoms with Crippen molar-refractivity contribution in [2.75, 3.05) is 0 Å². The van der Waals surface area contributed by atoms with Gasteiger partial charge in [0.15, 0.2) is 0 Å². The second-order valence-electron chi connectivity index (χ2n) is 5.82. The van der Waals surface area contributed by atoms with E-state index >= 15 is 0 Å². The first kappa shape index (κ1) is 17.6. The molecule has 0 heterocycles. The number of benzene rings is 1. The molecule has 0 radical (unpaired) electrons. The van der Waals surface area contributed by atoms with Crippen molar-refractivity contribution >= 4 is 46.4 Å². The van der Waals surface area contributed by atoms with Crippen LogP contribution in [-0.2, 0) is 4.79 Å². The maximum Gasteiger partial charge on any atom is 0.249 e. The second-order valence-corrected chi connectivity index (χ2v) is 7.74. The maximum absolute atomic E-state index is 12.2. The van der Waals surface area contributed by atoms with Crippen molar-refractivity contribution in [3.05, 3.63) is 34.9 Å². The van der Waals surface area contributed by atoms with Crippen LogP contribution in [0.2, 0.25) is 5.02 Å². The van der Waals surface area contributed by atoms with Gasteiger partial charge in [0.2, 0.25) is 5.91 Å². The Labute approximate surface area is 146 Å². The molecule has 2 rings (SSSR count). The van der Waals surface area contributed by atoms with Gasteiger partial charge in [-0.2, -0.15) is 5.10 Å². The number of alkyl halides is 2. The summed E-state index contributed by atoms with van der Waals surface area (Å²) >= 11 is 17.9. The number of carbonyl (C=O) groups excluding carboxylic acids is 1. The van der Waals surface area contributed by atoms with E-state index in [-0.39, 0.29) is 5.91 Å². The average Bonchev–Trinajstić information content (AvgIpc) is 3.00. The van der Waals surface area contributed by atoms with Crippen LogP contribution in [0.1, 0.15) is 45.1 Å². The van der Waals surface area contributed by atoms with Crippen LogP contribution in [0, 0.1) is 5.41 Å². The van der Waals surface area contributed by atoms with Crippen LogP contribution in [-0.4, -0.2) is 16.0 Å². The molecule has 1 aliphatic rings. The lowest BCUT2D eigenvalue weighted by Gasteiger charge is -2.11. The second kappa shape index (κ2) is 6.77. The molecule has 1 saturated carbocycles. The molecule has 1 aromatic rings. The van der Waals surface area contributed by atoms with E-state index in [2.05, 4.69) is 17.5 Å². The van der Waals surface area contributed by atoms with Gasteiger partial charge in [-0.3, -0.25) is 4.79 Å². The van der Waals surface area contributed by atoms with Crippen LogP contribution in [0.4, 0.5) is 0 Å². The fourth-order valence-corrected chi connectivity index (χ4v) is 2.97. The summed E-state index contributed by atoms with van der Waals surface area (Å²) in [4.78, 5) is 12.2. The van der Waals surface area contributed by atoms with Crippen LogP contribution in [0.5, 0.6) is 0 Å². The molecule has 1 atom stereocenters. The van der Waals surface area contributed by atoms with E-state index < -0.39 is 9.75 Å². The summed E-state index contributed by atoms with van der Waals surface area (Å²) in [5, 5.41) is 4.96. The third-order valence-corrected chi connectivity index (χ3v) is 5.35. The van der Waals surface area contributed by atoms with E-state index in [9.17, 15) is 4.79 Å². The molecular weight excluding hydrogens is 343 g/mol. The maximum atomic E-state index is 12.2. The Morgan fingerprint density at radius 2 is 1.91 bits per heavy atom. The predicted octanol–water partition coefficient (Wildman–Crippen LogP) is 4.93. The quantitative estimate of drug-likeness (QED) is 0.435. The first-order chi connectivity index (χ1) is 10.3. The van der Waals surface area contributed by atoms with Crippen molar-refractivity contribution in [1.82, 2.24) is 5.43 Å². The van der Waals surface area contributed by atoms with E-state index in [1.165, 1.54) is 0 Å². The summed E-state index contributed by atoms with van der Waals surface area (Å²) in [7, 11) is 0. The lowest BCUT2D eigenvalue weighted by Crippen LogP contribution is -2.30. The van der Waals surface area contributed by atoms with Crippen molar-refractivity contribution in [2.24, 2.45) is 10.5 Å².